The molecule has 1 heterocycles. The van der Waals surface area contributed by atoms with E-state index in [1.54, 1.807) is 14.2 Å². The summed E-state index contributed by atoms with van der Waals surface area (Å²) < 4.78 is 10.6. The van der Waals surface area contributed by atoms with Crippen LogP contribution in [0.25, 0.3) is 10.9 Å². The monoisotopic (exact) mass is 217 g/mol. The van der Waals surface area contributed by atoms with Gasteiger partial charge in [0.1, 0.15) is 17.0 Å². The summed E-state index contributed by atoms with van der Waals surface area (Å²) in [5.41, 5.74) is 3.06. The Kier molecular flexibility index (Phi) is 2.69. The largest absolute Gasteiger partial charge is 0.497 e. The van der Waals surface area contributed by atoms with Gasteiger partial charge >= 0.3 is 0 Å². The molecule has 0 spiro atoms. The van der Waals surface area contributed by atoms with Crippen LogP contribution in [0.2, 0.25) is 0 Å². The number of hydrogen-bond donors (Lipinski definition) is 0. The molecule has 3 nitrogen and oxygen atoms in total. The van der Waals surface area contributed by atoms with Gasteiger partial charge in [0.15, 0.2) is 0 Å². The second kappa shape index (κ2) is 4.00. The number of ether oxygens (including phenoxy) is 2. The van der Waals surface area contributed by atoms with Crippen molar-refractivity contribution in [1.29, 1.82) is 0 Å². The Hall–Kier alpha value is -1.77. The van der Waals surface area contributed by atoms with Crippen LogP contribution in [-0.4, -0.2) is 19.2 Å². The fourth-order valence-electron chi connectivity index (χ4n) is 1.87. The first-order valence-corrected chi connectivity index (χ1v) is 5.15. The summed E-state index contributed by atoms with van der Waals surface area (Å²) in [5.74, 6) is 1.54. The number of benzene rings is 1. The molecule has 0 atom stereocenters. The number of aryl methyl sites for hydroxylation is 2. The summed E-state index contributed by atoms with van der Waals surface area (Å²) in [6.45, 7) is 4.05. The van der Waals surface area contributed by atoms with E-state index in [9.17, 15) is 0 Å². The maximum absolute atomic E-state index is 5.34. The summed E-state index contributed by atoms with van der Waals surface area (Å²) in [4.78, 5) is 4.50. The molecule has 0 saturated heterocycles. The molecule has 1 aromatic heterocycles. The number of pyridine rings is 1. The Balaban J connectivity index is 2.83. The van der Waals surface area contributed by atoms with Crippen LogP contribution in [0.5, 0.6) is 11.5 Å². The van der Waals surface area contributed by atoms with Crippen LogP contribution in [0.3, 0.4) is 0 Å². The quantitative estimate of drug-likeness (QED) is 0.775. The zero-order chi connectivity index (χ0) is 11.7. The van der Waals surface area contributed by atoms with Crippen LogP contribution in [0.1, 0.15) is 11.3 Å². The van der Waals surface area contributed by atoms with Gasteiger partial charge in [0.25, 0.3) is 0 Å². The number of methoxy groups -OCH3 is 2. The van der Waals surface area contributed by atoms with Gasteiger partial charge in [-0.2, -0.15) is 0 Å². The van der Waals surface area contributed by atoms with Crippen LogP contribution in [0, 0.1) is 13.8 Å². The van der Waals surface area contributed by atoms with Gasteiger partial charge in [-0.1, -0.05) is 0 Å². The molecule has 0 radical (unpaired) electrons. The Morgan fingerprint density at radius 3 is 2.38 bits per heavy atom. The van der Waals surface area contributed by atoms with Crippen LogP contribution in [0.15, 0.2) is 18.2 Å². The SMILES string of the molecule is COc1cc(OC)c2nc(C)cc(C)c2c1. The lowest BCUT2D eigenvalue weighted by Crippen LogP contribution is -1.94. The second-order valence-corrected chi connectivity index (χ2v) is 3.81. The Labute approximate surface area is 95.0 Å². The van der Waals surface area contributed by atoms with E-state index in [2.05, 4.69) is 18.0 Å². The highest BCUT2D eigenvalue weighted by Gasteiger charge is 2.09. The topological polar surface area (TPSA) is 31.4 Å². The van der Waals surface area contributed by atoms with Crippen molar-refractivity contribution in [3.63, 3.8) is 0 Å². The van der Waals surface area contributed by atoms with Crippen molar-refractivity contribution >= 4 is 10.9 Å². The molecule has 0 aliphatic carbocycles. The molecule has 2 aromatic rings. The summed E-state index contributed by atoms with van der Waals surface area (Å²) >= 11 is 0. The maximum atomic E-state index is 5.34. The summed E-state index contributed by atoms with van der Waals surface area (Å²) in [5, 5.41) is 1.07. The number of rotatable bonds is 2. The number of fused-ring (bicyclic) bond motifs is 1. The van der Waals surface area contributed by atoms with Crippen molar-refractivity contribution < 1.29 is 9.47 Å². The van der Waals surface area contributed by atoms with Crippen molar-refractivity contribution in [1.82, 2.24) is 4.98 Å². The molecule has 0 aliphatic heterocycles. The molecule has 1 aromatic carbocycles. The Bertz CT molecular complexity index is 535. The second-order valence-electron chi connectivity index (χ2n) is 3.81. The van der Waals surface area contributed by atoms with Gasteiger partial charge in [-0.05, 0) is 31.5 Å². The Morgan fingerprint density at radius 1 is 1.00 bits per heavy atom. The van der Waals surface area contributed by atoms with Crippen LogP contribution in [0.4, 0.5) is 0 Å². The lowest BCUT2D eigenvalue weighted by atomic mass is 10.1. The summed E-state index contributed by atoms with van der Waals surface area (Å²) in [6, 6.07) is 5.90. The molecule has 16 heavy (non-hydrogen) atoms. The highest BCUT2D eigenvalue weighted by Crippen LogP contribution is 2.31. The molecule has 84 valence electrons. The van der Waals surface area contributed by atoms with Crippen molar-refractivity contribution in [3.05, 3.63) is 29.5 Å². The zero-order valence-corrected chi connectivity index (χ0v) is 10.00. The lowest BCUT2D eigenvalue weighted by Gasteiger charge is -2.10. The predicted molar refractivity (Wildman–Crippen MR) is 64.3 cm³/mol. The minimum absolute atomic E-state index is 0.751. The maximum Gasteiger partial charge on any atom is 0.148 e. The van der Waals surface area contributed by atoms with Crippen molar-refractivity contribution in [2.45, 2.75) is 13.8 Å². The fourth-order valence-corrected chi connectivity index (χ4v) is 1.87. The van der Waals surface area contributed by atoms with Crippen molar-refractivity contribution in [2.75, 3.05) is 14.2 Å². The molecule has 0 amide bonds. The van der Waals surface area contributed by atoms with Crippen LogP contribution in [-0.2, 0) is 0 Å². The highest BCUT2D eigenvalue weighted by molar-refractivity contribution is 5.89. The lowest BCUT2D eigenvalue weighted by molar-refractivity contribution is 0.397. The summed E-state index contributed by atoms with van der Waals surface area (Å²) in [6.07, 6.45) is 0. The van der Waals surface area contributed by atoms with Gasteiger partial charge < -0.3 is 9.47 Å². The molecule has 0 bridgehead atoms. The molecule has 0 N–H and O–H groups in total. The smallest absolute Gasteiger partial charge is 0.148 e. The van der Waals surface area contributed by atoms with Gasteiger partial charge in [0, 0.05) is 17.1 Å². The molecule has 2 rings (SSSR count). The van der Waals surface area contributed by atoms with Crippen LogP contribution < -0.4 is 9.47 Å². The van der Waals surface area contributed by atoms with E-state index in [0.717, 1.165) is 28.1 Å². The average molecular weight is 217 g/mol. The highest BCUT2D eigenvalue weighted by atomic mass is 16.5. The fraction of sp³-hybridized carbons (Fsp3) is 0.308. The number of aromatic nitrogens is 1. The molecular weight excluding hydrogens is 202 g/mol. The molecule has 0 unspecified atom stereocenters. The van der Waals surface area contributed by atoms with Gasteiger partial charge in [0.05, 0.1) is 14.2 Å². The van der Waals surface area contributed by atoms with E-state index < -0.39 is 0 Å². The van der Waals surface area contributed by atoms with E-state index >= 15 is 0 Å². The van der Waals surface area contributed by atoms with Gasteiger partial charge in [-0.15, -0.1) is 0 Å². The first kappa shape index (κ1) is 10.7. The van der Waals surface area contributed by atoms with E-state index in [1.807, 2.05) is 19.1 Å². The van der Waals surface area contributed by atoms with E-state index in [-0.39, 0.29) is 0 Å². The van der Waals surface area contributed by atoms with Crippen molar-refractivity contribution in [2.24, 2.45) is 0 Å². The van der Waals surface area contributed by atoms with Crippen molar-refractivity contribution in [3.8, 4) is 11.5 Å². The number of nitrogens with zero attached hydrogens (tertiary/aromatic N) is 1. The van der Waals surface area contributed by atoms with Gasteiger partial charge in [-0.25, -0.2) is 4.98 Å². The zero-order valence-electron chi connectivity index (χ0n) is 10.00. The van der Waals surface area contributed by atoms with Gasteiger partial charge in [0.2, 0.25) is 0 Å². The van der Waals surface area contributed by atoms with E-state index in [1.165, 1.54) is 5.56 Å². The van der Waals surface area contributed by atoms with E-state index in [0.29, 0.717) is 0 Å². The third kappa shape index (κ3) is 1.69. The number of hydrogen-bond acceptors (Lipinski definition) is 3. The molecule has 0 saturated carbocycles. The van der Waals surface area contributed by atoms with Crippen LogP contribution >= 0.6 is 0 Å². The predicted octanol–water partition coefficient (Wildman–Crippen LogP) is 2.87. The average Bonchev–Trinajstić information content (AvgIpc) is 2.28. The first-order valence-electron chi connectivity index (χ1n) is 5.15. The van der Waals surface area contributed by atoms with Gasteiger partial charge in [-0.3, -0.25) is 0 Å². The molecule has 0 aliphatic rings. The molecule has 0 fully saturated rings. The first-order chi connectivity index (χ1) is 7.65. The normalized spacial score (nSPS) is 10.5. The Morgan fingerprint density at radius 2 is 1.75 bits per heavy atom. The third-order valence-corrected chi connectivity index (χ3v) is 2.64. The summed E-state index contributed by atoms with van der Waals surface area (Å²) in [7, 11) is 3.30. The third-order valence-electron chi connectivity index (χ3n) is 2.64. The molecule has 3 heteroatoms. The minimum atomic E-state index is 0.751. The molecular formula is C13H15NO2. The van der Waals surface area contributed by atoms with E-state index in [4.69, 9.17) is 9.47 Å². The standard InChI is InChI=1S/C13H15NO2/c1-8-5-9(2)14-13-11(8)6-10(15-3)7-12(13)16-4/h5-7H,1-4H3. The minimum Gasteiger partial charge on any atom is -0.497 e.